The number of aromatic amines is 1. The van der Waals surface area contributed by atoms with Gasteiger partial charge in [-0.2, -0.15) is 0 Å². The first kappa shape index (κ1) is 21.3. The van der Waals surface area contributed by atoms with E-state index in [0.717, 1.165) is 22.9 Å². The molecule has 0 saturated heterocycles. The Hall–Kier alpha value is -3.94. The minimum Gasteiger partial charge on any atom is -0.361 e. The zero-order chi connectivity index (χ0) is 22.5. The van der Waals surface area contributed by atoms with Gasteiger partial charge in [-0.05, 0) is 37.1 Å². The molecular weight excluding hydrogens is 406 g/mol. The van der Waals surface area contributed by atoms with Crippen molar-refractivity contribution in [3.8, 4) is 0 Å². The van der Waals surface area contributed by atoms with Gasteiger partial charge in [-0.25, -0.2) is 4.98 Å². The summed E-state index contributed by atoms with van der Waals surface area (Å²) in [6.07, 6.45) is 4.22. The fraction of sp³-hybridized carbons (Fsp3) is 0.250. The molecule has 0 saturated carbocycles. The van der Waals surface area contributed by atoms with Crippen molar-refractivity contribution in [2.45, 2.75) is 25.8 Å². The molecule has 8 heteroatoms. The minimum absolute atomic E-state index is 0.137. The molecule has 32 heavy (non-hydrogen) atoms. The van der Waals surface area contributed by atoms with Gasteiger partial charge in [0.05, 0.1) is 17.2 Å². The highest BCUT2D eigenvalue weighted by atomic mass is 16.2. The number of hydrogen-bond acceptors (Lipinski definition) is 4. The van der Waals surface area contributed by atoms with Crippen molar-refractivity contribution < 1.29 is 9.59 Å². The lowest BCUT2D eigenvalue weighted by molar-refractivity contribution is -0.124. The number of aromatic nitrogens is 3. The number of H-pyrrole nitrogens is 1. The van der Waals surface area contributed by atoms with Crippen LogP contribution in [0.2, 0.25) is 0 Å². The second kappa shape index (κ2) is 9.47. The van der Waals surface area contributed by atoms with Crippen molar-refractivity contribution in [3.05, 3.63) is 77.0 Å². The number of amides is 2. The van der Waals surface area contributed by atoms with Gasteiger partial charge in [0.25, 0.3) is 5.56 Å². The Kier molecular flexibility index (Phi) is 6.30. The van der Waals surface area contributed by atoms with Gasteiger partial charge in [-0.3, -0.25) is 19.0 Å². The van der Waals surface area contributed by atoms with E-state index in [-0.39, 0.29) is 30.3 Å². The van der Waals surface area contributed by atoms with Crippen LogP contribution in [0, 0.1) is 0 Å². The van der Waals surface area contributed by atoms with E-state index in [0.29, 0.717) is 17.4 Å². The molecule has 164 valence electrons. The molecule has 0 spiro atoms. The van der Waals surface area contributed by atoms with Crippen molar-refractivity contribution in [2.75, 3.05) is 13.1 Å². The largest absolute Gasteiger partial charge is 0.361 e. The van der Waals surface area contributed by atoms with Crippen molar-refractivity contribution >= 4 is 33.6 Å². The molecular formula is C24H25N5O3. The van der Waals surface area contributed by atoms with Crippen LogP contribution in [0.3, 0.4) is 0 Å². The Labute approximate surface area is 184 Å². The molecule has 4 aromatic rings. The SMILES string of the molecule is C[C@H](C(=O)NCCC(=O)NCCc1c[nH]c2ccccc12)n1cnc2ccccc2c1=O. The number of carbonyl (C=O) groups excluding carboxylic acids is 2. The highest BCUT2D eigenvalue weighted by Crippen LogP contribution is 2.17. The van der Waals surface area contributed by atoms with Crippen LogP contribution in [0.5, 0.6) is 0 Å². The number of nitrogens with zero attached hydrogens (tertiary/aromatic N) is 2. The molecule has 0 radical (unpaired) electrons. The summed E-state index contributed by atoms with van der Waals surface area (Å²) in [5.41, 5.74) is 2.54. The lowest BCUT2D eigenvalue weighted by atomic mass is 10.1. The number of para-hydroxylation sites is 2. The van der Waals surface area contributed by atoms with E-state index < -0.39 is 6.04 Å². The third-order valence-corrected chi connectivity index (χ3v) is 5.53. The molecule has 2 aromatic heterocycles. The van der Waals surface area contributed by atoms with Crippen molar-refractivity contribution in [3.63, 3.8) is 0 Å². The standard InChI is InChI=1S/C24H25N5O3/c1-16(29-15-28-21-9-5-3-7-19(21)24(29)32)23(31)26-13-11-22(30)25-12-10-17-14-27-20-8-4-2-6-18(17)20/h2-9,14-16,27H,10-13H2,1H3,(H,25,30)(H,26,31)/t16-/m1/s1. The normalized spacial score (nSPS) is 12.0. The van der Waals surface area contributed by atoms with Gasteiger partial charge in [-0.1, -0.05) is 30.3 Å². The Morgan fingerprint density at radius 1 is 1.03 bits per heavy atom. The lowest BCUT2D eigenvalue weighted by Gasteiger charge is -2.15. The molecule has 4 rings (SSSR count). The van der Waals surface area contributed by atoms with E-state index >= 15 is 0 Å². The number of benzene rings is 2. The quantitative estimate of drug-likeness (QED) is 0.398. The molecule has 2 heterocycles. The van der Waals surface area contributed by atoms with E-state index in [1.807, 2.05) is 24.4 Å². The molecule has 0 bridgehead atoms. The molecule has 0 fully saturated rings. The molecule has 0 aliphatic rings. The smallest absolute Gasteiger partial charge is 0.261 e. The van der Waals surface area contributed by atoms with Gasteiger partial charge >= 0.3 is 0 Å². The van der Waals surface area contributed by atoms with Crippen molar-refractivity contribution in [1.82, 2.24) is 25.2 Å². The van der Waals surface area contributed by atoms with Crippen LogP contribution in [0.1, 0.15) is 24.9 Å². The molecule has 1 atom stereocenters. The number of carbonyl (C=O) groups is 2. The highest BCUT2D eigenvalue weighted by Gasteiger charge is 2.17. The summed E-state index contributed by atoms with van der Waals surface area (Å²) in [7, 11) is 0. The van der Waals surface area contributed by atoms with Gasteiger partial charge in [-0.15, -0.1) is 0 Å². The van der Waals surface area contributed by atoms with Crippen LogP contribution >= 0.6 is 0 Å². The van der Waals surface area contributed by atoms with Crippen LogP contribution in [0.4, 0.5) is 0 Å². The van der Waals surface area contributed by atoms with Gasteiger partial charge in [0, 0.05) is 36.6 Å². The Bertz CT molecular complexity index is 1320. The average molecular weight is 431 g/mol. The molecule has 0 aliphatic heterocycles. The van der Waals surface area contributed by atoms with Crippen molar-refractivity contribution in [2.24, 2.45) is 0 Å². The Balaban J connectivity index is 1.24. The fourth-order valence-electron chi connectivity index (χ4n) is 3.70. The van der Waals surface area contributed by atoms with Crippen LogP contribution in [-0.4, -0.2) is 39.4 Å². The summed E-state index contributed by atoms with van der Waals surface area (Å²) in [5, 5.41) is 7.22. The molecule has 3 N–H and O–H groups in total. The van der Waals surface area contributed by atoms with E-state index in [4.69, 9.17) is 0 Å². The maximum absolute atomic E-state index is 12.6. The summed E-state index contributed by atoms with van der Waals surface area (Å²) >= 11 is 0. The van der Waals surface area contributed by atoms with E-state index in [2.05, 4.69) is 26.7 Å². The first-order chi connectivity index (χ1) is 15.5. The first-order valence-electron chi connectivity index (χ1n) is 10.6. The number of hydrogen-bond donors (Lipinski definition) is 3. The van der Waals surface area contributed by atoms with Crippen LogP contribution in [0.25, 0.3) is 21.8 Å². The highest BCUT2D eigenvalue weighted by molar-refractivity contribution is 5.84. The van der Waals surface area contributed by atoms with E-state index in [1.54, 1.807) is 31.2 Å². The van der Waals surface area contributed by atoms with Crippen LogP contribution in [-0.2, 0) is 16.0 Å². The fourth-order valence-corrected chi connectivity index (χ4v) is 3.70. The lowest BCUT2D eigenvalue weighted by Crippen LogP contribution is -2.38. The number of rotatable bonds is 8. The van der Waals surface area contributed by atoms with Crippen molar-refractivity contribution in [1.29, 1.82) is 0 Å². The maximum atomic E-state index is 12.6. The summed E-state index contributed by atoms with van der Waals surface area (Å²) < 4.78 is 1.30. The number of nitrogens with one attached hydrogen (secondary N) is 3. The second-order valence-corrected chi connectivity index (χ2v) is 7.65. The average Bonchev–Trinajstić information content (AvgIpc) is 3.22. The van der Waals surface area contributed by atoms with Gasteiger partial charge in [0.2, 0.25) is 11.8 Å². The molecule has 8 nitrogen and oxygen atoms in total. The van der Waals surface area contributed by atoms with E-state index in [1.165, 1.54) is 10.9 Å². The monoisotopic (exact) mass is 431 g/mol. The Morgan fingerprint density at radius 3 is 2.62 bits per heavy atom. The predicted octanol–water partition coefficient (Wildman–Crippen LogP) is 2.30. The summed E-state index contributed by atoms with van der Waals surface area (Å²) in [6.45, 7) is 2.34. The predicted molar refractivity (Wildman–Crippen MR) is 123 cm³/mol. The van der Waals surface area contributed by atoms with E-state index in [9.17, 15) is 14.4 Å². The first-order valence-corrected chi connectivity index (χ1v) is 10.6. The maximum Gasteiger partial charge on any atom is 0.261 e. The topological polar surface area (TPSA) is 109 Å². The Morgan fingerprint density at radius 2 is 1.78 bits per heavy atom. The molecule has 2 amide bonds. The minimum atomic E-state index is -0.732. The third-order valence-electron chi connectivity index (χ3n) is 5.53. The van der Waals surface area contributed by atoms with Crippen LogP contribution in [0.15, 0.2) is 65.8 Å². The third kappa shape index (κ3) is 4.54. The zero-order valence-electron chi connectivity index (χ0n) is 17.8. The zero-order valence-corrected chi connectivity index (χ0v) is 17.8. The van der Waals surface area contributed by atoms with Crippen LogP contribution < -0.4 is 16.2 Å². The second-order valence-electron chi connectivity index (χ2n) is 7.65. The van der Waals surface area contributed by atoms with Gasteiger partial charge in [0.1, 0.15) is 6.04 Å². The molecule has 2 aromatic carbocycles. The molecule has 0 unspecified atom stereocenters. The van der Waals surface area contributed by atoms with Gasteiger partial charge < -0.3 is 15.6 Å². The van der Waals surface area contributed by atoms with Gasteiger partial charge in [0.15, 0.2) is 0 Å². The number of fused-ring (bicyclic) bond motifs is 2. The summed E-state index contributed by atoms with van der Waals surface area (Å²) in [6, 6.07) is 14.3. The summed E-state index contributed by atoms with van der Waals surface area (Å²) in [4.78, 5) is 44.7. The molecule has 0 aliphatic carbocycles. The summed E-state index contributed by atoms with van der Waals surface area (Å²) in [5.74, 6) is -0.474.